The largest absolute Gasteiger partial charge is 0.478 e. The number of rotatable bonds is 6. The Morgan fingerprint density at radius 2 is 2.20 bits per heavy atom. The summed E-state index contributed by atoms with van der Waals surface area (Å²) in [5, 5.41) is 3.30. The summed E-state index contributed by atoms with van der Waals surface area (Å²) in [7, 11) is 0. The molecule has 1 aromatic rings. The normalized spacial score (nSPS) is 22.2. The number of carbonyl (C=O) groups excluding carboxylic acids is 1. The first kappa shape index (κ1) is 14.6. The number of hydrogen-bond acceptors (Lipinski definition) is 5. The summed E-state index contributed by atoms with van der Waals surface area (Å²) >= 11 is 0. The zero-order chi connectivity index (χ0) is 14.4. The number of hydrogen-bond donors (Lipinski definition) is 2. The molecule has 0 spiro atoms. The highest BCUT2D eigenvalue weighted by Crippen LogP contribution is 2.25. The molecule has 20 heavy (non-hydrogen) atoms. The summed E-state index contributed by atoms with van der Waals surface area (Å²) in [5.41, 5.74) is 5.33. The van der Waals surface area contributed by atoms with Gasteiger partial charge < -0.3 is 15.8 Å². The predicted molar refractivity (Wildman–Crippen MR) is 76.4 cm³/mol. The van der Waals surface area contributed by atoms with Gasteiger partial charge in [0, 0.05) is 24.2 Å². The van der Waals surface area contributed by atoms with Crippen molar-refractivity contribution >= 4 is 11.9 Å². The molecule has 0 atom stereocenters. The van der Waals surface area contributed by atoms with Crippen molar-refractivity contribution in [3.8, 4) is 5.88 Å². The maximum absolute atomic E-state index is 11.1. The van der Waals surface area contributed by atoms with E-state index in [4.69, 9.17) is 10.5 Å². The van der Waals surface area contributed by atoms with Gasteiger partial charge in [-0.1, -0.05) is 6.92 Å². The van der Waals surface area contributed by atoms with Gasteiger partial charge in [0.1, 0.15) is 0 Å². The van der Waals surface area contributed by atoms with E-state index in [1.807, 2.05) is 0 Å². The van der Waals surface area contributed by atoms with Crippen LogP contribution in [0.25, 0.3) is 0 Å². The van der Waals surface area contributed by atoms with Crippen LogP contribution in [0, 0.1) is 5.92 Å². The molecule has 2 rings (SSSR count). The fourth-order valence-electron chi connectivity index (χ4n) is 2.40. The monoisotopic (exact) mass is 278 g/mol. The molecule has 6 nitrogen and oxygen atoms in total. The van der Waals surface area contributed by atoms with Crippen LogP contribution < -0.4 is 15.8 Å². The topological polar surface area (TPSA) is 90.1 Å². The van der Waals surface area contributed by atoms with Crippen molar-refractivity contribution in [2.75, 3.05) is 11.9 Å². The summed E-state index contributed by atoms with van der Waals surface area (Å²) in [6.45, 7) is 2.71. The number of nitrogens with two attached hydrogens (primary N) is 1. The first-order chi connectivity index (χ1) is 9.69. The molecule has 1 aromatic heterocycles. The summed E-state index contributed by atoms with van der Waals surface area (Å²) in [6, 6.07) is 2.05. The third kappa shape index (κ3) is 4.08. The smallest absolute Gasteiger partial charge is 0.226 e. The summed E-state index contributed by atoms with van der Waals surface area (Å²) in [4.78, 5) is 19.6. The Morgan fingerprint density at radius 3 is 2.85 bits per heavy atom. The second-order valence-electron chi connectivity index (χ2n) is 5.16. The average molecular weight is 278 g/mol. The average Bonchev–Trinajstić information content (AvgIpc) is 2.46. The lowest BCUT2D eigenvalue weighted by Crippen LogP contribution is -2.32. The Balaban J connectivity index is 1.86. The van der Waals surface area contributed by atoms with E-state index in [2.05, 4.69) is 22.2 Å². The lowest BCUT2D eigenvalue weighted by atomic mass is 9.86. The molecule has 1 saturated carbocycles. The van der Waals surface area contributed by atoms with Crippen molar-refractivity contribution in [3.05, 3.63) is 12.3 Å². The van der Waals surface area contributed by atoms with E-state index in [1.165, 1.54) is 0 Å². The van der Waals surface area contributed by atoms with E-state index in [0.29, 0.717) is 24.5 Å². The van der Waals surface area contributed by atoms with Crippen LogP contribution in [0.4, 0.5) is 5.95 Å². The minimum absolute atomic E-state index is 0.0215. The molecule has 0 bridgehead atoms. The molecule has 1 fully saturated rings. The van der Waals surface area contributed by atoms with Gasteiger partial charge in [-0.3, -0.25) is 4.79 Å². The molecule has 110 valence electrons. The first-order valence-corrected chi connectivity index (χ1v) is 7.20. The number of primary amides is 1. The van der Waals surface area contributed by atoms with Crippen molar-refractivity contribution in [2.45, 2.75) is 45.1 Å². The van der Waals surface area contributed by atoms with E-state index in [1.54, 1.807) is 12.3 Å². The van der Waals surface area contributed by atoms with Crippen LogP contribution in [0.3, 0.4) is 0 Å². The van der Waals surface area contributed by atoms with Crippen LogP contribution in [0.15, 0.2) is 12.3 Å². The van der Waals surface area contributed by atoms with Crippen molar-refractivity contribution in [1.82, 2.24) is 9.97 Å². The minimum Gasteiger partial charge on any atom is -0.478 e. The van der Waals surface area contributed by atoms with E-state index in [-0.39, 0.29) is 11.8 Å². The SMILES string of the molecule is CCCOc1ccnc(NC2CCC(C(N)=O)CC2)n1. The highest BCUT2D eigenvalue weighted by atomic mass is 16.5. The van der Waals surface area contributed by atoms with Crippen LogP contribution in [0.1, 0.15) is 39.0 Å². The fraction of sp³-hybridized carbons (Fsp3) is 0.643. The lowest BCUT2D eigenvalue weighted by Gasteiger charge is -2.27. The maximum atomic E-state index is 11.1. The molecule has 6 heteroatoms. The number of nitrogens with zero attached hydrogens (tertiary/aromatic N) is 2. The number of amides is 1. The van der Waals surface area contributed by atoms with Crippen molar-refractivity contribution in [2.24, 2.45) is 11.7 Å². The second-order valence-corrected chi connectivity index (χ2v) is 5.16. The van der Waals surface area contributed by atoms with Gasteiger partial charge in [0.25, 0.3) is 0 Å². The predicted octanol–water partition coefficient (Wildman–Crippen LogP) is 1.72. The van der Waals surface area contributed by atoms with Crippen molar-refractivity contribution in [1.29, 1.82) is 0 Å². The Hall–Kier alpha value is -1.85. The van der Waals surface area contributed by atoms with Gasteiger partial charge >= 0.3 is 0 Å². The molecule has 0 aliphatic heterocycles. The summed E-state index contributed by atoms with van der Waals surface area (Å²) in [5.74, 6) is 1.01. The van der Waals surface area contributed by atoms with Gasteiger partial charge in [0.05, 0.1) is 6.61 Å². The number of nitrogens with one attached hydrogen (secondary N) is 1. The Morgan fingerprint density at radius 1 is 1.45 bits per heavy atom. The van der Waals surface area contributed by atoms with Gasteiger partial charge in [-0.25, -0.2) is 4.98 Å². The van der Waals surface area contributed by atoms with Crippen molar-refractivity contribution < 1.29 is 9.53 Å². The van der Waals surface area contributed by atoms with Gasteiger partial charge in [0.2, 0.25) is 17.7 Å². The number of ether oxygens (including phenoxy) is 1. The molecular formula is C14H22N4O2. The summed E-state index contributed by atoms with van der Waals surface area (Å²) < 4.78 is 5.48. The number of anilines is 1. The molecule has 0 radical (unpaired) electrons. The van der Waals surface area contributed by atoms with Crippen LogP contribution in [-0.2, 0) is 4.79 Å². The van der Waals surface area contributed by atoms with E-state index >= 15 is 0 Å². The third-order valence-corrected chi connectivity index (χ3v) is 3.55. The zero-order valence-electron chi connectivity index (χ0n) is 11.8. The number of aromatic nitrogens is 2. The third-order valence-electron chi connectivity index (χ3n) is 3.55. The van der Waals surface area contributed by atoms with Gasteiger partial charge in [-0.05, 0) is 32.1 Å². The molecule has 1 aliphatic rings. The van der Waals surface area contributed by atoms with Gasteiger partial charge in [0.15, 0.2) is 0 Å². The van der Waals surface area contributed by atoms with Gasteiger partial charge in [-0.2, -0.15) is 4.98 Å². The van der Waals surface area contributed by atoms with Crippen LogP contribution >= 0.6 is 0 Å². The second kappa shape index (κ2) is 7.07. The molecule has 1 aliphatic carbocycles. The maximum Gasteiger partial charge on any atom is 0.226 e. The highest BCUT2D eigenvalue weighted by molar-refractivity contribution is 5.76. The van der Waals surface area contributed by atoms with Crippen LogP contribution in [0.2, 0.25) is 0 Å². The zero-order valence-corrected chi connectivity index (χ0v) is 11.8. The quantitative estimate of drug-likeness (QED) is 0.827. The summed E-state index contributed by atoms with van der Waals surface area (Å²) in [6.07, 6.45) is 6.13. The number of carbonyl (C=O) groups is 1. The van der Waals surface area contributed by atoms with Gasteiger partial charge in [-0.15, -0.1) is 0 Å². The van der Waals surface area contributed by atoms with Crippen LogP contribution in [-0.4, -0.2) is 28.5 Å². The molecular weight excluding hydrogens is 256 g/mol. The minimum atomic E-state index is -0.185. The first-order valence-electron chi connectivity index (χ1n) is 7.20. The Labute approximate surface area is 119 Å². The van der Waals surface area contributed by atoms with E-state index in [0.717, 1.165) is 32.1 Å². The molecule has 1 heterocycles. The fourth-order valence-corrected chi connectivity index (χ4v) is 2.40. The molecule has 3 N–H and O–H groups in total. The molecule has 0 saturated heterocycles. The molecule has 0 unspecified atom stereocenters. The Kier molecular flexibility index (Phi) is 5.15. The molecule has 0 aromatic carbocycles. The lowest BCUT2D eigenvalue weighted by molar-refractivity contribution is -0.122. The standard InChI is InChI=1S/C14H22N4O2/c1-2-9-20-12-7-8-16-14(18-12)17-11-5-3-10(4-6-11)13(15)19/h7-8,10-11H,2-6,9H2,1H3,(H2,15,19)(H,16,17,18). The van der Waals surface area contributed by atoms with E-state index < -0.39 is 0 Å². The van der Waals surface area contributed by atoms with Crippen LogP contribution in [0.5, 0.6) is 5.88 Å². The van der Waals surface area contributed by atoms with Crippen molar-refractivity contribution in [3.63, 3.8) is 0 Å². The highest BCUT2D eigenvalue weighted by Gasteiger charge is 2.24. The Bertz CT molecular complexity index is 445. The van der Waals surface area contributed by atoms with E-state index in [9.17, 15) is 4.79 Å². The molecule has 1 amide bonds.